The highest BCUT2D eigenvalue weighted by Gasteiger charge is 2.23. The van der Waals surface area contributed by atoms with Gasteiger partial charge in [0.2, 0.25) is 0 Å². The SMILES string of the molecule is O=C(Nc1cccc(COC[C@@H]2CCCCO2)c1)[C@@H]1CCCO1. The second-order valence-corrected chi connectivity index (χ2v) is 6.19. The van der Waals surface area contributed by atoms with Crippen LogP contribution in [0.15, 0.2) is 24.3 Å². The molecule has 0 spiro atoms. The summed E-state index contributed by atoms with van der Waals surface area (Å²) in [6.07, 6.45) is 5.13. The summed E-state index contributed by atoms with van der Waals surface area (Å²) in [6.45, 7) is 2.68. The van der Waals surface area contributed by atoms with Crippen molar-refractivity contribution in [2.75, 3.05) is 25.1 Å². The molecule has 2 atom stereocenters. The number of carbonyl (C=O) groups excluding carboxylic acids is 1. The molecule has 126 valence electrons. The minimum atomic E-state index is -0.307. The lowest BCUT2D eigenvalue weighted by Gasteiger charge is -2.22. The van der Waals surface area contributed by atoms with Crippen LogP contribution in [0.4, 0.5) is 5.69 Å². The van der Waals surface area contributed by atoms with Gasteiger partial charge in [0.1, 0.15) is 6.10 Å². The van der Waals surface area contributed by atoms with E-state index in [2.05, 4.69) is 5.32 Å². The fourth-order valence-electron chi connectivity index (χ4n) is 2.99. The standard InChI is InChI=1S/C18H25NO4/c20-18(17-8-4-10-23-17)19-15-6-3-5-14(11-15)12-21-13-16-7-1-2-9-22-16/h3,5-6,11,16-17H,1-2,4,7-10,12-13H2,(H,19,20)/t16-,17-/m0/s1. The molecule has 23 heavy (non-hydrogen) atoms. The summed E-state index contributed by atoms with van der Waals surface area (Å²) in [5.74, 6) is -0.0591. The molecule has 2 fully saturated rings. The first-order valence-corrected chi connectivity index (χ1v) is 8.52. The molecule has 1 amide bonds. The number of benzene rings is 1. The minimum Gasteiger partial charge on any atom is -0.376 e. The number of rotatable bonds is 6. The Morgan fingerprint density at radius 3 is 2.87 bits per heavy atom. The average Bonchev–Trinajstić information content (AvgIpc) is 3.11. The first-order chi connectivity index (χ1) is 11.3. The number of ether oxygens (including phenoxy) is 3. The molecule has 0 bridgehead atoms. The zero-order chi connectivity index (χ0) is 15.9. The third kappa shape index (κ3) is 5.03. The van der Waals surface area contributed by atoms with Crippen molar-refractivity contribution >= 4 is 11.6 Å². The maximum absolute atomic E-state index is 12.1. The van der Waals surface area contributed by atoms with Gasteiger partial charge < -0.3 is 19.5 Å². The Balaban J connectivity index is 1.45. The van der Waals surface area contributed by atoms with Crippen molar-refractivity contribution in [2.45, 2.75) is 50.9 Å². The maximum atomic E-state index is 12.1. The lowest BCUT2D eigenvalue weighted by molar-refractivity contribution is -0.124. The number of hydrogen-bond acceptors (Lipinski definition) is 4. The smallest absolute Gasteiger partial charge is 0.253 e. The van der Waals surface area contributed by atoms with Gasteiger partial charge in [0.25, 0.3) is 5.91 Å². The van der Waals surface area contributed by atoms with E-state index >= 15 is 0 Å². The first-order valence-electron chi connectivity index (χ1n) is 8.52. The van der Waals surface area contributed by atoms with E-state index in [4.69, 9.17) is 14.2 Å². The van der Waals surface area contributed by atoms with Gasteiger partial charge in [-0.25, -0.2) is 0 Å². The number of anilines is 1. The molecule has 2 aliphatic rings. The highest BCUT2D eigenvalue weighted by molar-refractivity contribution is 5.94. The van der Waals surface area contributed by atoms with Crippen molar-refractivity contribution in [3.63, 3.8) is 0 Å². The van der Waals surface area contributed by atoms with Gasteiger partial charge in [-0.2, -0.15) is 0 Å². The summed E-state index contributed by atoms with van der Waals surface area (Å²) < 4.78 is 16.8. The van der Waals surface area contributed by atoms with Gasteiger partial charge in [0, 0.05) is 18.9 Å². The van der Waals surface area contributed by atoms with Crippen molar-refractivity contribution in [2.24, 2.45) is 0 Å². The van der Waals surface area contributed by atoms with E-state index in [9.17, 15) is 4.79 Å². The lowest BCUT2D eigenvalue weighted by atomic mass is 10.1. The maximum Gasteiger partial charge on any atom is 0.253 e. The monoisotopic (exact) mass is 319 g/mol. The highest BCUT2D eigenvalue weighted by Crippen LogP contribution is 2.17. The van der Waals surface area contributed by atoms with E-state index in [1.165, 1.54) is 6.42 Å². The zero-order valence-corrected chi connectivity index (χ0v) is 13.5. The van der Waals surface area contributed by atoms with Crippen LogP contribution in [-0.4, -0.2) is 37.9 Å². The number of amides is 1. The Morgan fingerprint density at radius 2 is 2.09 bits per heavy atom. The molecular formula is C18H25NO4. The van der Waals surface area contributed by atoms with Crippen LogP contribution in [0.5, 0.6) is 0 Å². The molecule has 3 rings (SSSR count). The summed E-state index contributed by atoms with van der Waals surface area (Å²) in [5.41, 5.74) is 1.84. The summed E-state index contributed by atoms with van der Waals surface area (Å²) in [5, 5.41) is 2.92. The van der Waals surface area contributed by atoms with Crippen LogP contribution < -0.4 is 5.32 Å². The molecule has 2 aliphatic heterocycles. The number of hydrogen-bond donors (Lipinski definition) is 1. The van der Waals surface area contributed by atoms with Crippen LogP contribution in [0.3, 0.4) is 0 Å². The second-order valence-electron chi connectivity index (χ2n) is 6.19. The summed E-state index contributed by atoms with van der Waals surface area (Å²) in [6, 6.07) is 7.78. The lowest BCUT2D eigenvalue weighted by Crippen LogP contribution is -2.26. The Hall–Kier alpha value is -1.43. The van der Waals surface area contributed by atoms with Gasteiger partial charge in [-0.05, 0) is 49.8 Å². The van der Waals surface area contributed by atoms with E-state index < -0.39 is 0 Å². The molecule has 1 N–H and O–H groups in total. The van der Waals surface area contributed by atoms with Gasteiger partial charge in [-0.1, -0.05) is 12.1 Å². The molecule has 0 saturated carbocycles. The van der Waals surface area contributed by atoms with Gasteiger partial charge in [-0.3, -0.25) is 4.79 Å². The third-order valence-corrected chi connectivity index (χ3v) is 4.26. The zero-order valence-electron chi connectivity index (χ0n) is 13.5. The predicted molar refractivity (Wildman–Crippen MR) is 87.3 cm³/mol. The summed E-state index contributed by atoms with van der Waals surface area (Å²) >= 11 is 0. The number of nitrogens with one attached hydrogen (secondary N) is 1. The van der Waals surface area contributed by atoms with E-state index in [1.807, 2.05) is 24.3 Å². The second kappa shape index (κ2) is 8.43. The molecule has 0 aliphatic carbocycles. The molecule has 0 aromatic heterocycles. The molecule has 1 aromatic carbocycles. The Kier molecular flexibility index (Phi) is 6.02. The molecule has 2 saturated heterocycles. The molecule has 2 heterocycles. The molecule has 5 heteroatoms. The minimum absolute atomic E-state index is 0.0591. The van der Waals surface area contributed by atoms with E-state index in [1.54, 1.807) is 0 Å². The van der Waals surface area contributed by atoms with Crippen LogP contribution in [0.25, 0.3) is 0 Å². The first kappa shape index (κ1) is 16.4. The fourth-order valence-corrected chi connectivity index (χ4v) is 2.99. The Bertz CT molecular complexity index is 507. The average molecular weight is 319 g/mol. The summed E-state index contributed by atoms with van der Waals surface area (Å²) in [7, 11) is 0. The molecule has 5 nitrogen and oxygen atoms in total. The van der Waals surface area contributed by atoms with Gasteiger partial charge >= 0.3 is 0 Å². The van der Waals surface area contributed by atoms with Gasteiger partial charge in [-0.15, -0.1) is 0 Å². The predicted octanol–water partition coefficient (Wildman–Crippen LogP) is 2.89. The number of carbonyl (C=O) groups is 1. The van der Waals surface area contributed by atoms with E-state index in [0.29, 0.717) is 19.8 Å². The van der Waals surface area contributed by atoms with Crippen molar-refractivity contribution in [3.05, 3.63) is 29.8 Å². The highest BCUT2D eigenvalue weighted by atomic mass is 16.5. The van der Waals surface area contributed by atoms with E-state index in [0.717, 1.165) is 43.5 Å². The molecular weight excluding hydrogens is 294 g/mol. The van der Waals surface area contributed by atoms with Gasteiger partial charge in [0.15, 0.2) is 0 Å². The molecule has 1 aromatic rings. The topological polar surface area (TPSA) is 56.8 Å². The molecule has 0 radical (unpaired) electrons. The van der Waals surface area contributed by atoms with Crippen LogP contribution >= 0.6 is 0 Å². The third-order valence-electron chi connectivity index (χ3n) is 4.26. The quantitative estimate of drug-likeness (QED) is 0.876. The van der Waals surface area contributed by atoms with Crippen LogP contribution in [0.1, 0.15) is 37.7 Å². The summed E-state index contributed by atoms with van der Waals surface area (Å²) in [4.78, 5) is 12.1. The molecule has 0 unspecified atom stereocenters. The van der Waals surface area contributed by atoms with E-state index in [-0.39, 0.29) is 18.1 Å². The van der Waals surface area contributed by atoms with Crippen molar-refractivity contribution in [1.29, 1.82) is 0 Å². The van der Waals surface area contributed by atoms with Crippen molar-refractivity contribution in [1.82, 2.24) is 0 Å². The van der Waals surface area contributed by atoms with Crippen LogP contribution in [0.2, 0.25) is 0 Å². The Morgan fingerprint density at radius 1 is 1.17 bits per heavy atom. The van der Waals surface area contributed by atoms with Crippen LogP contribution in [0, 0.1) is 0 Å². The van der Waals surface area contributed by atoms with Crippen molar-refractivity contribution < 1.29 is 19.0 Å². The van der Waals surface area contributed by atoms with Crippen LogP contribution in [-0.2, 0) is 25.6 Å². The van der Waals surface area contributed by atoms with Crippen molar-refractivity contribution in [3.8, 4) is 0 Å². The fraction of sp³-hybridized carbons (Fsp3) is 0.611. The van der Waals surface area contributed by atoms with Gasteiger partial charge in [0.05, 0.1) is 19.3 Å². The Labute approximate surface area is 137 Å². The normalized spacial score (nSPS) is 24.5. The largest absolute Gasteiger partial charge is 0.376 e.